The maximum Gasteiger partial charge on any atom is 0.258 e. The molecule has 160 valence electrons. The predicted molar refractivity (Wildman–Crippen MR) is 119 cm³/mol. The number of methoxy groups -OCH3 is 1. The SMILES string of the molecule is COCCCn1c(NC(=O)c2cccc(N)c2)nc2ccc(CN(C)C(C)C)nc21. The fourth-order valence-corrected chi connectivity index (χ4v) is 3.09. The van der Waals surface area contributed by atoms with Gasteiger partial charge in [0, 0.05) is 44.1 Å². The van der Waals surface area contributed by atoms with Crippen LogP contribution in [-0.2, 0) is 17.8 Å². The van der Waals surface area contributed by atoms with Gasteiger partial charge >= 0.3 is 0 Å². The van der Waals surface area contributed by atoms with Gasteiger partial charge in [0.1, 0.15) is 5.52 Å². The molecule has 2 heterocycles. The van der Waals surface area contributed by atoms with Crippen molar-refractivity contribution >= 4 is 28.7 Å². The molecule has 8 nitrogen and oxygen atoms in total. The van der Waals surface area contributed by atoms with Gasteiger partial charge in [-0.2, -0.15) is 0 Å². The maximum atomic E-state index is 12.7. The summed E-state index contributed by atoms with van der Waals surface area (Å²) in [5.74, 6) is 0.209. The van der Waals surface area contributed by atoms with Gasteiger partial charge in [0.25, 0.3) is 5.91 Å². The lowest BCUT2D eigenvalue weighted by atomic mass is 10.2. The summed E-state index contributed by atoms with van der Waals surface area (Å²) in [5.41, 5.74) is 9.29. The van der Waals surface area contributed by atoms with Gasteiger partial charge in [-0.15, -0.1) is 0 Å². The van der Waals surface area contributed by atoms with Crippen molar-refractivity contribution in [1.29, 1.82) is 0 Å². The standard InChI is InChI=1S/C22H30N6O2/c1-15(2)27(3)14-18-9-10-19-20(24-18)28(11-6-12-30-4)22(25-19)26-21(29)16-7-5-8-17(23)13-16/h5,7-10,13,15H,6,11-12,14,23H2,1-4H3,(H,25,26,29). The highest BCUT2D eigenvalue weighted by Crippen LogP contribution is 2.21. The number of hydrogen-bond acceptors (Lipinski definition) is 6. The molecular weight excluding hydrogens is 380 g/mol. The Balaban J connectivity index is 1.93. The molecule has 30 heavy (non-hydrogen) atoms. The van der Waals surface area contributed by atoms with E-state index in [4.69, 9.17) is 15.5 Å². The average Bonchev–Trinajstić information content (AvgIpc) is 3.04. The number of ether oxygens (including phenoxy) is 1. The molecule has 0 saturated heterocycles. The number of amides is 1. The molecule has 3 N–H and O–H groups in total. The molecule has 0 aliphatic heterocycles. The summed E-state index contributed by atoms with van der Waals surface area (Å²) >= 11 is 0. The van der Waals surface area contributed by atoms with Crippen LogP contribution in [0.4, 0.5) is 11.6 Å². The van der Waals surface area contributed by atoms with Crippen molar-refractivity contribution in [2.24, 2.45) is 0 Å². The Labute approximate surface area is 177 Å². The zero-order chi connectivity index (χ0) is 21.7. The topological polar surface area (TPSA) is 98.3 Å². The highest BCUT2D eigenvalue weighted by atomic mass is 16.5. The van der Waals surface area contributed by atoms with E-state index >= 15 is 0 Å². The van der Waals surface area contributed by atoms with Crippen molar-refractivity contribution in [2.75, 3.05) is 31.8 Å². The van der Waals surface area contributed by atoms with E-state index in [2.05, 4.69) is 36.1 Å². The molecule has 0 aliphatic carbocycles. The molecule has 3 aromatic rings. The number of aryl methyl sites for hydroxylation is 1. The van der Waals surface area contributed by atoms with Crippen LogP contribution in [-0.4, -0.2) is 52.1 Å². The van der Waals surface area contributed by atoms with Crippen LogP contribution < -0.4 is 11.1 Å². The minimum absolute atomic E-state index is 0.259. The lowest BCUT2D eigenvalue weighted by molar-refractivity contribution is 0.102. The Morgan fingerprint density at radius 1 is 1.27 bits per heavy atom. The number of anilines is 2. The first-order chi connectivity index (χ1) is 14.4. The van der Waals surface area contributed by atoms with Crippen molar-refractivity contribution in [3.63, 3.8) is 0 Å². The van der Waals surface area contributed by atoms with Crippen molar-refractivity contribution in [1.82, 2.24) is 19.4 Å². The number of imidazole rings is 1. The predicted octanol–water partition coefficient (Wildman–Crippen LogP) is 3.14. The molecule has 8 heteroatoms. The third kappa shape index (κ3) is 5.14. The van der Waals surface area contributed by atoms with Crippen molar-refractivity contribution in [2.45, 2.75) is 39.4 Å². The molecule has 0 bridgehead atoms. The van der Waals surface area contributed by atoms with Crippen LogP contribution in [0.1, 0.15) is 36.3 Å². The smallest absolute Gasteiger partial charge is 0.258 e. The van der Waals surface area contributed by atoms with Crippen molar-refractivity contribution < 1.29 is 9.53 Å². The Hall–Kier alpha value is -2.97. The minimum Gasteiger partial charge on any atom is -0.399 e. The lowest BCUT2D eigenvalue weighted by Gasteiger charge is -2.20. The second-order valence-electron chi connectivity index (χ2n) is 7.67. The number of nitrogens with zero attached hydrogens (tertiary/aromatic N) is 4. The molecule has 1 amide bonds. The second kappa shape index (κ2) is 9.69. The number of fused-ring (bicyclic) bond motifs is 1. The minimum atomic E-state index is -0.259. The molecule has 0 radical (unpaired) electrons. The molecule has 0 fully saturated rings. The zero-order valence-electron chi connectivity index (χ0n) is 18.1. The fraction of sp³-hybridized carbons (Fsp3) is 0.409. The number of hydrogen-bond donors (Lipinski definition) is 2. The average molecular weight is 411 g/mol. The normalized spacial score (nSPS) is 11.5. The summed E-state index contributed by atoms with van der Waals surface area (Å²) < 4.78 is 7.14. The number of nitrogens with one attached hydrogen (secondary N) is 1. The van der Waals surface area contributed by atoms with Gasteiger partial charge in [-0.25, -0.2) is 9.97 Å². The van der Waals surface area contributed by atoms with E-state index in [1.807, 2.05) is 16.7 Å². The van der Waals surface area contributed by atoms with E-state index in [1.165, 1.54) is 0 Å². The van der Waals surface area contributed by atoms with Crippen LogP contribution in [0.15, 0.2) is 36.4 Å². The summed E-state index contributed by atoms with van der Waals surface area (Å²) in [4.78, 5) is 24.4. The fourth-order valence-electron chi connectivity index (χ4n) is 3.09. The first-order valence-corrected chi connectivity index (χ1v) is 10.1. The van der Waals surface area contributed by atoms with Gasteiger partial charge in [-0.3, -0.25) is 19.6 Å². The van der Waals surface area contributed by atoms with Crippen LogP contribution in [0.25, 0.3) is 11.2 Å². The highest BCUT2D eigenvalue weighted by molar-refractivity contribution is 6.04. The van der Waals surface area contributed by atoms with Crippen LogP contribution in [0, 0.1) is 0 Å². The van der Waals surface area contributed by atoms with Crippen molar-refractivity contribution in [3.05, 3.63) is 47.7 Å². The van der Waals surface area contributed by atoms with Gasteiger partial charge in [0.2, 0.25) is 5.95 Å². The van der Waals surface area contributed by atoms with Crippen molar-refractivity contribution in [3.8, 4) is 0 Å². The Morgan fingerprint density at radius 2 is 2.07 bits per heavy atom. The molecule has 0 aliphatic rings. The third-order valence-electron chi connectivity index (χ3n) is 5.05. The first-order valence-electron chi connectivity index (χ1n) is 10.1. The van der Waals surface area contributed by atoms with E-state index in [9.17, 15) is 4.79 Å². The van der Waals surface area contributed by atoms with Gasteiger partial charge in [-0.1, -0.05) is 6.07 Å². The molecule has 2 aromatic heterocycles. The molecule has 3 rings (SSSR count). The van der Waals surface area contributed by atoms with E-state index in [0.29, 0.717) is 36.4 Å². The molecular formula is C22H30N6O2. The van der Waals surface area contributed by atoms with E-state index in [1.54, 1.807) is 31.4 Å². The van der Waals surface area contributed by atoms with Gasteiger partial charge in [0.05, 0.1) is 5.69 Å². The van der Waals surface area contributed by atoms with Crippen LogP contribution >= 0.6 is 0 Å². The molecule has 1 aromatic carbocycles. The summed E-state index contributed by atoms with van der Waals surface area (Å²) in [5, 5.41) is 2.91. The summed E-state index contributed by atoms with van der Waals surface area (Å²) in [6.45, 7) is 6.28. The highest BCUT2D eigenvalue weighted by Gasteiger charge is 2.17. The van der Waals surface area contributed by atoms with E-state index < -0.39 is 0 Å². The number of pyridine rings is 1. The number of nitrogens with two attached hydrogens (primary N) is 1. The zero-order valence-corrected chi connectivity index (χ0v) is 18.1. The van der Waals surface area contributed by atoms with Crippen LogP contribution in [0.2, 0.25) is 0 Å². The lowest BCUT2D eigenvalue weighted by Crippen LogP contribution is -2.26. The Bertz CT molecular complexity index is 1010. The molecule has 0 spiro atoms. The number of rotatable bonds is 9. The number of carbonyl (C=O) groups is 1. The Kier molecular flexibility index (Phi) is 7.02. The van der Waals surface area contributed by atoms with E-state index in [-0.39, 0.29) is 5.91 Å². The largest absolute Gasteiger partial charge is 0.399 e. The summed E-state index contributed by atoms with van der Waals surface area (Å²) in [6.07, 6.45) is 0.779. The van der Waals surface area contributed by atoms with Crippen LogP contribution in [0.5, 0.6) is 0 Å². The molecule has 0 unspecified atom stereocenters. The quantitative estimate of drug-likeness (QED) is 0.415. The number of nitrogen functional groups attached to an aromatic ring is 1. The Morgan fingerprint density at radius 3 is 2.77 bits per heavy atom. The van der Waals surface area contributed by atoms with Gasteiger partial charge in [-0.05, 0) is 57.6 Å². The van der Waals surface area contributed by atoms with Gasteiger partial charge < -0.3 is 10.5 Å². The summed E-state index contributed by atoms with van der Waals surface area (Å²) in [6, 6.07) is 11.2. The van der Waals surface area contributed by atoms with E-state index in [0.717, 1.165) is 29.8 Å². The third-order valence-corrected chi connectivity index (χ3v) is 5.05. The van der Waals surface area contributed by atoms with Gasteiger partial charge in [0.15, 0.2) is 5.65 Å². The number of benzene rings is 1. The second-order valence-corrected chi connectivity index (χ2v) is 7.67. The number of aromatic nitrogens is 3. The summed E-state index contributed by atoms with van der Waals surface area (Å²) in [7, 11) is 3.75. The molecule has 0 saturated carbocycles. The maximum absolute atomic E-state index is 12.7. The monoisotopic (exact) mass is 410 g/mol. The molecule has 0 atom stereocenters. The number of carbonyl (C=O) groups excluding carboxylic acids is 1. The van der Waals surface area contributed by atoms with Crippen LogP contribution in [0.3, 0.4) is 0 Å². The first kappa shape index (κ1) is 21.7.